The number of aryl methyl sites for hydroxylation is 3. The van der Waals surface area contributed by atoms with Crippen LogP contribution < -0.4 is 0 Å². The van der Waals surface area contributed by atoms with Crippen molar-refractivity contribution in [2.75, 3.05) is 12.4 Å². The van der Waals surface area contributed by atoms with E-state index in [0.29, 0.717) is 22.5 Å². The lowest BCUT2D eigenvalue weighted by molar-refractivity contribution is 0.0522. The quantitative estimate of drug-likeness (QED) is 0.495. The molecule has 6 nitrogen and oxygen atoms in total. The highest BCUT2D eigenvalue weighted by atomic mass is 32.2. The van der Waals surface area contributed by atoms with Crippen LogP contribution in [-0.2, 0) is 4.74 Å². The minimum absolute atomic E-state index is 0.122. The lowest BCUT2D eigenvalue weighted by Gasteiger charge is -2.05. The van der Waals surface area contributed by atoms with Gasteiger partial charge < -0.3 is 9.72 Å². The Kier molecular flexibility index (Phi) is 5.36. The molecular formula is C14H17N3O3S2. The number of carbonyl (C=O) groups excluding carboxylic acids is 2. The topological polar surface area (TPSA) is 84.9 Å². The summed E-state index contributed by atoms with van der Waals surface area (Å²) in [5.74, 6) is -0.383. The molecule has 0 aliphatic carbocycles. The van der Waals surface area contributed by atoms with Crippen molar-refractivity contribution in [2.45, 2.75) is 32.0 Å². The third-order valence-electron chi connectivity index (χ3n) is 2.97. The van der Waals surface area contributed by atoms with Crippen molar-refractivity contribution < 1.29 is 14.3 Å². The second-order valence-corrected chi connectivity index (χ2v) is 7.05. The van der Waals surface area contributed by atoms with Crippen molar-refractivity contribution in [3.8, 4) is 0 Å². The van der Waals surface area contributed by atoms with Crippen LogP contribution in [0.4, 0.5) is 0 Å². The smallest absolute Gasteiger partial charge is 0.340 e. The number of rotatable bonds is 6. The van der Waals surface area contributed by atoms with Crippen molar-refractivity contribution >= 4 is 34.9 Å². The van der Waals surface area contributed by atoms with Crippen LogP contribution in [0.5, 0.6) is 0 Å². The monoisotopic (exact) mass is 339 g/mol. The van der Waals surface area contributed by atoms with Crippen molar-refractivity contribution in [1.82, 2.24) is 15.2 Å². The van der Waals surface area contributed by atoms with Gasteiger partial charge in [-0.05, 0) is 27.7 Å². The molecule has 1 N–H and O–H groups in total. The van der Waals surface area contributed by atoms with Gasteiger partial charge in [-0.15, -0.1) is 10.2 Å². The number of esters is 1. The Bertz CT molecular complexity index is 706. The van der Waals surface area contributed by atoms with Crippen LogP contribution >= 0.6 is 23.1 Å². The van der Waals surface area contributed by atoms with Gasteiger partial charge in [0.1, 0.15) is 5.01 Å². The molecule has 0 spiro atoms. The summed E-state index contributed by atoms with van der Waals surface area (Å²) in [6.07, 6.45) is 0. The Labute approximate surface area is 136 Å². The highest BCUT2D eigenvalue weighted by Gasteiger charge is 2.25. The van der Waals surface area contributed by atoms with E-state index in [9.17, 15) is 9.59 Å². The zero-order chi connectivity index (χ0) is 16.3. The maximum atomic E-state index is 12.5. The predicted octanol–water partition coefficient (Wildman–Crippen LogP) is 2.94. The van der Waals surface area contributed by atoms with Gasteiger partial charge in [0.25, 0.3) is 0 Å². The van der Waals surface area contributed by atoms with Gasteiger partial charge in [0.05, 0.1) is 23.5 Å². The summed E-state index contributed by atoms with van der Waals surface area (Å²) in [5.41, 5.74) is 2.07. The minimum atomic E-state index is -0.468. The highest BCUT2D eigenvalue weighted by molar-refractivity contribution is 8.01. The number of Topliss-reactive ketones (excluding diaryl/α,β-unsaturated/α-hetero) is 1. The van der Waals surface area contributed by atoms with Crippen LogP contribution in [0.1, 0.15) is 44.0 Å². The van der Waals surface area contributed by atoms with Gasteiger partial charge in [0.2, 0.25) is 0 Å². The summed E-state index contributed by atoms with van der Waals surface area (Å²) in [6.45, 7) is 7.42. The van der Waals surface area contributed by atoms with Gasteiger partial charge in [-0.1, -0.05) is 23.1 Å². The van der Waals surface area contributed by atoms with E-state index >= 15 is 0 Å². The van der Waals surface area contributed by atoms with E-state index in [1.165, 1.54) is 23.1 Å². The molecule has 8 heteroatoms. The number of H-pyrrole nitrogens is 1. The number of nitrogens with zero attached hydrogens (tertiary/aromatic N) is 2. The van der Waals surface area contributed by atoms with Gasteiger partial charge in [-0.3, -0.25) is 4.79 Å². The Morgan fingerprint density at radius 1 is 1.18 bits per heavy atom. The molecular weight excluding hydrogens is 322 g/mol. The first-order valence-electron chi connectivity index (χ1n) is 6.76. The number of aromatic amines is 1. The number of ether oxygens (including phenoxy) is 1. The summed E-state index contributed by atoms with van der Waals surface area (Å²) >= 11 is 2.77. The molecule has 2 heterocycles. The maximum absolute atomic E-state index is 12.5. The normalized spacial score (nSPS) is 10.7. The van der Waals surface area contributed by atoms with Gasteiger partial charge in [0.15, 0.2) is 10.1 Å². The Hall–Kier alpha value is -1.67. The third-order valence-corrected chi connectivity index (χ3v) is 4.94. The molecule has 118 valence electrons. The summed E-state index contributed by atoms with van der Waals surface area (Å²) in [7, 11) is 0. The predicted molar refractivity (Wildman–Crippen MR) is 85.9 cm³/mol. The zero-order valence-corrected chi connectivity index (χ0v) is 14.5. The van der Waals surface area contributed by atoms with Crippen LogP contribution in [0.15, 0.2) is 4.34 Å². The van der Waals surface area contributed by atoms with Crippen molar-refractivity contribution in [1.29, 1.82) is 0 Å². The molecule has 0 saturated carbocycles. The Balaban J connectivity index is 2.20. The summed E-state index contributed by atoms with van der Waals surface area (Å²) < 4.78 is 5.78. The zero-order valence-electron chi connectivity index (χ0n) is 12.8. The lowest BCUT2D eigenvalue weighted by atomic mass is 10.1. The van der Waals surface area contributed by atoms with Crippen LogP contribution in [0.3, 0.4) is 0 Å². The first-order valence-corrected chi connectivity index (χ1v) is 8.56. The number of thioether (sulfide) groups is 1. The molecule has 0 aliphatic heterocycles. The molecule has 0 aromatic carbocycles. The summed E-state index contributed by atoms with van der Waals surface area (Å²) in [4.78, 5) is 27.6. The summed E-state index contributed by atoms with van der Waals surface area (Å²) in [5, 5.41) is 8.75. The van der Waals surface area contributed by atoms with Crippen molar-refractivity contribution in [3.63, 3.8) is 0 Å². The molecule has 22 heavy (non-hydrogen) atoms. The van der Waals surface area contributed by atoms with E-state index in [4.69, 9.17) is 4.74 Å². The molecule has 2 aromatic heterocycles. The van der Waals surface area contributed by atoms with E-state index in [-0.39, 0.29) is 18.1 Å². The molecule has 2 rings (SSSR count). The van der Waals surface area contributed by atoms with Gasteiger partial charge in [-0.25, -0.2) is 4.79 Å². The first-order chi connectivity index (χ1) is 10.4. The van der Waals surface area contributed by atoms with E-state index in [1.54, 1.807) is 20.8 Å². The Morgan fingerprint density at radius 2 is 1.86 bits per heavy atom. The van der Waals surface area contributed by atoms with Crippen LogP contribution in [0.2, 0.25) is 0 Å². The third kappa shape index (κ3) is 3.56. The molecule has 0 bridgehead atoms. The molecule has 0 aliphatic rings. The number of carbonyl (C=O) groups is 2. The maximum Gasteiger partial charge on any atom is 0.340 e. The van der Waals surface area contributed by atoms with E-state index in [0.717, 1.165) is 9.35 Å². The standard InChI is InChI=1S/C14H17N3O3S2/c1-5-20-13(19)12-8(3)15-7(2)11(12)10(18)6-21-14-17-16-9(4)22-14/h15H,5-6H2,1-4H3. The van der Waals surface area contributed by atoms with E-state index in [1.807, 2.05) is 6.92 Å². The minimum Gasteiger partial charge on any atom is -0.462 e. The molecule has 0 saturated heterocycles. The fourth-order valence-corrected chi connectivity index (χ4v) is 3.81. The van der Waals surface area contributed by atoms with Crippen LogP contribution in [0, 0.1) is 20.8 Å². The number of nitrogens with one attached hydrogen (secondary N) is 1. The number of hydrogen-bond acceptors (Lipinski definition) is 7. The molecule has 0 radical (unpaired) electrons. The molecule has 0 amide bonds. The van der Waals surface area contributed by atoms with Crippen molar-refractivity contribution in [2.24, 2.45) is 0 Å². The summed E-state index contributed by atoms with van der Waals surface area (Å²) in [6, 6.07) is 0. The second-order valence-electron chi connectivity index (χ2n) is 4.64. The molecule has 2 aromatic rings. The van der Waals surface area contributed by atoms with E-state index in [2.05, 4.69) is 15.2 Å². The van der Waals surface area contributed by atoms with Crippen molar-refractivity contribution in [3.05, 3.63) is 27.5 Å². The second kappa shape index (κ2) is 7.06. The van der Waals surface area contributed by atoms with Crippen LogP contribution in [0.25, 0.3) is 0 Å². The SMILES string of the molecule is CCOC(=O)c1c(C)[nH]c(C)c1C(=O)CSc1nnc(C)s1. The lowest BCUT2D eigenvalue weighted by Crippen LogP contribution is -2.13. The number of hydrogen-bond donors (Lipinski definition) is 1. The number of ketones is 1. The molecule has 0 unspecified atom stereocenters. The molecule has 0 atom stereocenters. The highest BCUT2D eigenvalue weighted by Crippen LogP contribution is 2.26. The average molecular weight is 339 g/mol. The first kappa shape index (κ1) is 16.7. The fourth-order valence-electron chi connectivity index (χ4n) is 2.12. The number of aromatic nitrogens is 3. The van der Waals surface area contributed by atoms with E-state index < -0.39 is 5.97 Å². The van der Waals surface area contributed by atoms with Crippen LogP contribution in [-0.4, -0.2) is 39.3 Å². The average Bonchev–Trinajstić information content (AvgIpc) is 2.99. The largest absolute Gasteiger partial charge is 0.462 e. The fraction of sp³-hybridized carbons (Fsp3) is 0.429. The van der Waals surface area contributed by atoms with Gasteiger partial charge >= 0.3 is 5.97 Å². The van der Waals surface area contributed by atoms with Gasteiger partial charge in [0, 0.05) is 11.4 Å². The molecule has 0 fully saturated rings. The van der Waals surface area contributed by atoms with Gasteiger partial charge in [-0.2, -0.15) is 0 Å². The Morgan fingerprint density at radius 3 is 2.45 bits per heavy atom.